The molecule has 1 aromatic rings. The summed E-state index contributed by atoms with van der Waals surface area (Å²) in [6.07, 6.45) is 2.63. The number of hydrogen-bond acceptors (Lipinski definition) is 4. The Morgan fingerprint density at radius 3 is 2.33 bits per heavy atom. The number of anilines is 1. The first-order chi connectivity index (χ1) is 13.1. The summed E-state index contributed by atoms with van der Waals surface area (Å²) in [7, 11) is 0. The first kappa shape index (κ1) is 19.8. The van der Waals surface area contributed by atoms with Crippen LogP contribution < -0.4 is 5.32 Å². The maximum atomic E-state index is 12.6. The Hall–Kier alpha value is -1.92. The van der Waals surface area contributed by atoms with E-state index in [2.05, 4.69) is 17.1 Å². The van der Waals surface area contributed by atoms with E-state index in [1.54, 1.807) is 0 Å². The number of carbonyl (C=O) groups excluding carboxylic acids is 2. The Kier molecular flexibility index (Phi) is 6.85. The van der Waals surface area contributed by atoms with Gasteiger partial charge in [-0.2, -0.15) is 0 Å². The van der Waals surface area contributed by atoms with Gasteiger partial charge in [0.05, 0.1) is 19.3 Å². The van der Waals surface area contributed by atoms with Crippen molar-refractivity contribution in [2.24, 2.45) is 5.92 Å². The van der Waals surface area contributed by atoms with E-state index in [-0.39, 0.29) is 23.8 Å². The third-order valence-electron chi connectivity index (χ3n) is 5.76. The van der Waals surface area contributed by atoms with Crippen molar-refractivity contribution < 1.29 is 14.3 Å². The summed E-state index contributed by atoms with van der Waals surface area (Å²) in [5.41, 5.74) is 2.09. The molecule has 2 heterocycles. The number of amides is 2. The molecule has 2 aliphatic rings. The third-order valence-corrected chi connectivity index (χ3v) is 5.76. The normalized spacial score (nSPS) is 20.3. The zero-order chi connectivity index (χ0) is 19.2. The largest absolute Gasteiger partial charge is 0.378 e. The summed E-state index contributed by atoms with van der Waals surface area (Å²) in [4.78, 5) is 29.3. The lowest BCUT2D eigenvalue weighted by molar-refractivity contribution is -0.141. The van der Waals surface area contributed by atoms with E-state index in [1.807, 2.05) is 36.1 Å². The molecule has 0 aliphatic carbocycles. The molecule has 0 bridgehead atoms. The van der Waals surface area contributed by atoms with Crippen molar-refractivity contribution in [2.75, 3.05) is 44.7 Å². The summed E-state index contributed by atoms with van der Waals surface area (Å²) in [6.45, 7) is 8.31. The summed E-state index contributed by atoms with van der Waals surface area (Å²) < 4.78 is 5.33. The number of carbonyl (C=O) groups is 2. The number of likely N-dealkylation sites (tertiary alicyclic amines) is 1. The van der Waals surface area contributed by atoms with Gasteiger partial charge < -0.3 is 15.0 Å². The van der Waals surface area contributed by atoms with E-state index >= 15 is 0 Å². The molecule has 6 heteroatoms. The van der Waals surface area contributed by atoms with Crippen LogP contribution in [0.3, 0.4) is 0 Å². The monoisotopic (exact) mass is 373 g/mol. The Balaban J connectivity index is 1.47. The van der Waals surface area contributed by atoms with Crippen LogP contribution in [0, 0.1) is 5.92 Å². The Bertz CT molecular complexity index is 633. The molecule has 1 atom stereocenters. The molecule has 2 fully saturated rings. The van der Waals surface area contributed by atoms with Crippen LogP contribution in [0.1, 0.15) is 32.3 Å². The molecule has 0 spiro atoms. The number of benzene rings is 1. The van der Waals surface area contributed by atoms with Crippen molar-refractivity contribution >= 4 is 17.5 Å². The maximum absolute atomic E-state index is 12.6. The lowest BCUT2D eigenvalue weighted by Crippen LogP contribution is -2.50. The second-order valence-electron chi connectivity index (χ2n) is 7.46. The number of rotatable bonds is 5. The number of nitrogens with one attached hydrogen (secondary N) is 1. The average Bonchev–Trinajstić information content (AvgIpc) is 2.74. The molecule has 2 aliphatic heterocycles. The minimum absolute atomic E-state index is 0.0113. The average molecular weight is 373 g/mol. The lowest BCUT2D eigenvalue weighted by Gasteiger charge is -2.37. The van der Waals surface area contributed by atoms with Crippen LogP contribution in [0.4, 0.5) is 5.69 Å². The molecule has 0 radical (unpaired) electrons. The van der Waals surface area contributed by atoms with Crippen molar-refractivity contribution in [1.82, 2.24) is 9.80 Å². The van der Waals surface area contributed by atoms with Crippen LogP contribution in [-0.4, -0.2) is 67.0 Å². The van der Waals surface area contributed by atoms with Gasteiger partial charge >= 0.3 is 0 Å². The van der Waals surface area contributed by atoms with Gasteiger partial charge in [0.1, 0.15) is 0 Å². The molecule has 2 amide bonds. The highest BCUT2D eigenvalue weighted by molar-refractivity contribution is 5.94. The second kappa shape index (κ2) is 9.33. The number of nitrogens with zero attached hydrogens (tertiary/aromatic N) is 2. The molecule has 1 aromatic carbocycles. The van der Waals surface area contributed by atoms with Gasteiger partial charge in [-0.15, -0.1) is 0 Å². The molecular weight excluding hydrogens is 342 g/mol. The molecule has 3 rings (SSSR count). The molecule has 1 N–H and O–H groups in total. The molecule has 0 aromatic heterocycles. The van der Waals surface area contributed by atoms with Gasteiger partial charge in [-0.1, -0.05) is 19.1 Å². The van der Waals surface area contributed by atoms with E-state index in [0.717, 1.165) is 38.0 Å². The Morgan fingerprint density at radius 2 is 1.74 bits per heavy atom. The fraction of sp³-hybridized carbons (Fsp3) is 0.619. The van der Waals surface area contributed by atoms with Crippen molar-refractivity contribution in [3.05, 3.63) is 29.8 Å². The number of aryl methyl sites for hydroxylation is 1. The van der Waals surface area contributed by atoms with Crippen LogP contribution >= 0.6 is 0 Å². The van der Waals surface area contributed by atoms with Crippen LogP contribution in [0.5, 0.6) is 0 Å². The van der Waals surface area contributed by atoms with Gasteiger partial charge in [0.15, 0.2) is 0 Å². The smallest absolute Gasteiger partial charge is 0.241 e. The van der Waals surface area contributed by atoms with Gasteiger partial charge in [0, 0.05) is 24.7 Å². The van der Waals surface area contributed by atoms with Gasteiger partial charge in [-0.3, -0.25) is 14.5 Å². The number of hydrogen-bond donors (Lipinski definition) is 1. The van der Waals surface area contributed by atoms with Crippen molar-refractivity contribution in [2.45, 2.75) is 39.2 Å². The van der Waals surface area contributed by atoms with Crippen molar-refractivity contribution in [1.29, 1.82) is 0 Å². The fourth-order valence-corrected chi connectivity index (χ4v) is 3.81. The quantitative estimate of drug-likeness (QED) is 0.859. The first-order valence-electron chi connectivity index (χ1n) is 10.1. The Morgan fingerprint density at radius 1 is 1.11 bits per heavy atom. The molecule has 27 heavy (non-hydrogen) atoms. The predicted molar refractivity (Wildman–Crippen MR) is 106 cm³/mol. The second-order valence-corrected chi connectivity index (χ2v) is 7.46. The van der Waals surface area contributed by atoms with E-state index in [9.17, 15) is 9.59 Å². The van der Waals surface area contributed by atoms with Crippen LogP contribution in [-0.2, 0) is 20.7 Å². The van der Waals surface area contributed by atoms with Gasteiger partial charge in [-0.05, 0) is 57.0 Å². The topological polar surface area (TPSA) is 61.9 Å². The summed E-state index contributed by atoms with van der Waals surface area (Å²) in [5.74, 6) is 0.347. The fourth-order valence-electron chi connectivity index (χ4n) is 3.81. The molecule has 6 nitrogen and oxygen atoms in total. The standard InChI is InChI=1S/C21H31N3O3/c1-3-17-4-6-19(7-5-17)22-20(25)16(2)23-10-8-18(9-11-23)21(26)24-12-14-27-15-13-24/h4-7,16,18H,3,8-15H2,1-2H3,(H,22,25). The highest BCUT2D eigenvalue weighted by Gasteiger charge is 2.32. The summed E-state index contributed by atoms with van der Waals surface area (Å²) >= 11 is 0. The van der Waals surface area contributed by atoms with Gasteiger partial charge in [-0.25, -0.2) is 0 Å². The molecular formula is C21H31N3O3. The third kappa shape index (κ3) is 5.08. The van der Waals surface area contributed by atoms with E-state index in [1.165, 1.54) is 5.56 Å². The molecule has 0 saturated carbocycles. The van der Waals surface area contributed by atoms with Crippen molar-refractivity contribution in [3.63, 3.8) is 0 Å². The molecule has 2 saturated heterocycles. The van der Waals surface area contributed by atoms with E-state index in [4.69, 9.17) is 4.74 Å². The summed E-state index contributed by atoms with van der Waals surface area (Å²) in [5, 5.41) is 3.01. The van der Waals surface area contributed by atoms with Crippen LogP contribution in [0.25, 0.3) is 0 Å². The number of morpholine rings is 1. The van der Waals surface area contributed by atoms with Crippen LogP contribution in [0.15, 0.2) is 24.3 Å². The highest BCUT2D eigenvalue weighted by Crippen LogP contribution is 2.22. The van der Waals surface area contributed by atoms with E-state index in [0.29, 0.717) is 26.3 Å². The lowest BCUT2D eigenvalue weighted by atomic mass is 9.94. The maximum Gasteiger partial charge on any atom is 0.241 e. The predicted octanol–water partition coefficient (Wildman–Crippen LogP) is 2.15. The zero-order valence-electron chi connectivity index (χ0n) is 16.4. The van der Waals surface area contributed by atoms with Crippen molar-refractivity contribution in [3.8, 4) is 0 Å². The molecule has 148 valence electrons. The number of ether oxygens (including phenoxy) is 1. The first-order valence-corrected chi connectivity index (χ1v) is 10.1. The van der Waals surface area contributed by atoms with Gasteiger partial charge in [0.25, 0.3) is 0 Å². The highest BCUT2D eigenvalue weighted by atomic mass is 16.5. The van der Waals surface area contributed by atoms with Crippen LogP contribution in [0.2, 0.25) is 0 Å². The number of piperidine rings is 1. The Labute approximate surface area is 161 Å². The zero-order valence-corrected chi connectivity index (χ0v) is 16.4. The minimum Gasteiger partial charge on any atom is -0.378 e. The molecule has 1 unspecified atom stereocenters. The minimum atomic E-state index is -0.199. The van der Waals surface area contributed by atoms with Gasteiger partial charge in [0.2, 0.25) is 11.8 Å². The van der Waals surface area contributed by atoms with E-state index < -0.39 is 0 Å². The SMILES string of the molecule is CCc1ccc(NC(=O)C(C)N2CCC(C(=O)N3CCOCC3)CC2)cc1. The summed E-state index contributed by atoms with van der Waals surface area (Å²) in [6, 6.07) is 7.80.